The molecule has 1 unspecified atom stereocenters. The summed E-state index contributed by atoms with van der Waals surface area (Å²) in [7, 11) is 0. The topological polar surface area (TPSA) is 24.5 Å². The van der Waals surface area contributed by atoms with E-state index in [2.05, 4.69) is 52.9 Å². The van der Waals surface area contributed by atoms with Gasteiger partial charge in [-0.1, -0.05) is 36.4 Å². The number of hydrogen-bond acceptors (Lipinski definition) is 3. The molecular weight excluding hydrogens is 248 g/mol. The zero-order valence-electron chi connectivity index (χ0n) is 11.3. The van der Waals surface area contributed by atoms with Crippen molar-refractivity contribution in [3.8, 4) is 0 Å². The molecule has 1 aliphatic rings. The third-order valence-electron chi connectivity index (χ3n) is 3.32. The number of nitrogens with zero attached hydrogens (tertiary/aromatic N) is 1. The van der Waals surface area contributed by atoms with Crippen molar-refractivity contribution in [2.45, 2.75) is 12.5 Å². The Morgan fingerprint density at radius 2 is 1.65 bits per heavy atom. The molecule has 3 nitrogen and oxygen atoms in total. The lowest BCUT2D eigenvalue weighted by molar-refractivity contribution is 0.222. The van der Waals surface area contributed by atoms with Crippen LogP contribution in [0.15, 0.2) is 73.0 Å². The summed E-state index contributed by atoms with van der Waals surface area (Å²) < 4.78 is 5.30. The standard InChI is InChI=1S/C17H18N2O/c1-3-7-15(8-4-1)18-19(16-9-5-2-6-10-16)17-11-13-20-14-12-17/h1-11,13,17-18H,12,14H2. The first-order chi connectivity index (χ1) is 9.93. The van der Waals surface area contributed by atoms with Crippen molar-refractivity contribution in [3.63, 3.8) is 0 Å². The number of hydrogen-bond donors (Lipinski definition) is 1. The maximum Gasteiger partial charge on any atom is 0.0896 e. The first-order valence-corrected chi connectivity index (χ1v) is 6.88. The van der Waals surface area contributed by atoms with Crippen molar-refractivity contribution in [2.75, 3.05) is 17.0 Å². The van der Waals surface area contributed by atoms with Crippen LogP contribution in [0, 0.1) is 0 Å². The third-order valence-corrected chi connectivity index (χ3v) is 3.32. The van der Waals surface area contributed by atoms with E-state index in [-0.39, 0.29) is 6.04 Å². The minimum Gasteiger partial charge on any atom is -0.501 e. The van der Waals surface area contributed by atoms with E-state index in [1.165, 1.54) is 0 Å². The van der Waals surface area contributed by atoms with Crippen LogP contribution in [-0.4, -0.2) is 12.6 Å². The zero-order chi connectivity index (χ0) is 13.6. The van der Waals surface area contributed by atoms with Crippen LogP contribution in [0.4, 0.5) is 11.4 Å². The van der Waals surface area contributed by atoms with Gasteiger partial charge in [-0.05, 0) is 30.3 Å². The molecule has 0 amide bonds. The Hall–Kier alpha value is -2.42. The molecule has 3 rings (SSSR count). The minimum atomic E-state index is 0.284. The van der Waals surface area contributed by atoms with Crippen LogP contribution < -0.4 is 10.4 Å². The van der Waals surface area contributed by atoms with Gasteiger partial charge in [0.05, 0.1) is 30.3 Å². The second kappa shape index (κ2) is 6.15. The van der Waals surface area contributed by atoms with Gasteiger partial charge in [0.2, 0.25) is 0 Å². The van der Waals surface area contributed by atoms with Crippen LogP contribution in [-0.2, 0) is 4.74 Å². The molecule has 20 heavy (non-hydrogen) atoms. The lowest BCUT2D eigenvalue weighted by Crippen LogP contribution is -2.40. The molecule has 0 fully saturated rings. The molecule has 1 heterocycles. The van der Waals surface area contributed by atoms with Gasteiger partial charge in [-0.3, -0.25) is 10.4 Å². The van der Waals surface area contributed by atoms with Crippen LogP contribution in [0.1, 0.15) is 6.42 Å². The zero-order valence-corrected chi connectivity index (χ0v) is 11.3. The minimum absolute atomic E-state index is 0.284. The fourth-order valence-corrected chi connectivity index (χ4v) is 2.29. The SMILES string of the molecule is C1=CC(N(Nc2ccccc2)c2ccccc2)CCO1. The van der Waals surface area contributed by atoms with E-state index < -0.39 is 0 Å². The molecule has 1 atom stereocenters. The predicted octanol–water partition coefficient (Wildman–Crippen LogP) is 3.82. The summed E-state index contributed by atoms with van der Waals surface area (Å²) in [4.78, 5) is 0. The molecule has 0 bridgehead atoms. The highest BCUT2D eigenvalue weighted by molar-refractivity contribution is 5.56. The van der Waals surface area contributed by atoms with Crippen LogP contribution in [0.5, 0.6) is 0 Å². The number of nitrogens with one attached hydrogen (secondary N) is 1. The molecule has 0 spiro atoms. The van der Waals surface area contributed by atoms with Crippen molar-refractivity contribution in [1.29, 1.82) is 0 Å². The Labute approximate surface area is 119 Å². The van der Waals surface area contributed by atoms with E-state index in [0.29, 0.717) is 0 Å². The highest BCUT2D eigenvalue weighted by Crippen LogP contribution is 2.22. The Bertz CT molecular complexity index is 554. The summed E-state index contributed by atoms with van der Waals surface area (Å²) in [6.45, 7) is 0.751. The molecule has 0 radical (unpaired) electrons. The molecule has 0 saturated carbocycles. The van der Waals surface area contributed by atoms with E-state index >= 15 is 0 Å². The van der Waals surface area contributed by atoms with E-state index in [1.807, 2.05) is 24.3 Å². The fraction of sp³-hybridized carbons (Fsp3) is 0.176. The second-order valence-corrected chi connectivity index (χ2v) is 4.74. The summed E-state index contributed by atoms with van der Waals surface area (Å²) in [5, 5.41) is 2.19. The Kier molecular flexibility index (Phi) is 3.88. The van der Waals surface area contributed by atoms with Gasteiger partial charge in [0.15, 0.2) is 0 Å². The molecule has 3 heteroatoms. The van der Waals surface area contributed by atoms with Crippen molar-refractivity contribution in [1.82, 2.24) is 0 Å². The number of ether oxygens (including phenoxy) is 1. The number of para-hydroxylation sites is 2. The van der Waals surface area contributed by atoms with Crippen molar-refractivity contribution in [2.24, 2.45) is 0 Å². The Morgan fingerprint density at radius 1 is 0.950 bits per heavy atom. The summed E-state index contributed by atoms with van der Waals surface area (Å²) >= 11 is 0. The lowest BCUT2D eigenvalue weighted by atomic mass is 10.1. The summed E-state index contributed by atoms with van der Waals surface area (Å²) in [6.07, 6.45) is 4.84. The molecule has 0 aromatic heterocycles. The van der Waals surface area contributed by atoms with E-state index in [9.17, 15) is 0 Å². The molecule has 2 aromatic carbocycles. The van der Waals surface area contributed by atoms with E-state index in [0.717, 1.165) is 24.4 Å². The molecule has 102 valence electrons. The number of anilines is 2. The Balaban J connectivity index is 1.87. The summed E-state index contributed by atoms with van der Waals surface area (Å²) in [5.41, 5.74) is 5.72. The van der Waals surface area contributed by atoms with Gasteiger partial charge in [-0.2, -0.15) is 0 Å². The number of hydrazine groups is 1. The lowest BCUT2D eigenvalue weighted by Gasteiger charge is -2.34. The molecule has 0 aliphatic carbocycles. The fourth-order valence-electron chi connectivity index (χ4n) is 2.29. The second-order valence-electron chi connectivity index (χ2n) is 4.74. The Morgan fingerprint density at radius 3 is 2.30 bits per heavy atom. The highest BCUT2D eigenvalue weighted by Gasteiger charge is 2.19. The third kappa shape index (κ3) is 2.94. The molecule has 1 N–H and O–H groups in total. The van der Waals surface area contributed by atoms with Crippen LogP contribution >= 0.6 is 0 Å². The van der Waals surface area contributed by atoms with Crippen molar-refractivity contribution in [3.05, 3.63) is 73.0 Å². The van der Waals surface area contributed by atoms with Gasteiger partial charge in [0.1, 0.15) is 0 Å². The van der Waals surface area contributed by atoms with Gasteiger partial charge in [0, 0.05) is 6.42 Å². The van der Waals surface area contributed by atoms with Gasteiger partial charge < -0.3 is 4.74 Å². The number of rotatable bonds is 4. The molecule has 2 aromatic rings. The smallest absolute Gasteiger partial charge is 0.0896 e. The van der Waals surface area contributed by atoms with E-state index in [1.54, 1.807) is 6.26 Å². The summed E-state index contributed by atoms with van der Waals surface area (Å²) in [5.74, 6) is 0. The maximum atomic E-state index is 5.30. The largest absolute Gasteiger partial charge is 0.501 e. The van der Waals surface area contributed by atoms with Gasteiger partial charge in [-0.15, -0.1) is 0 Å². The van der Waals surface area contributed by atoms with Crippen molar-refractivity contribution < 1.29 is 4.74 Å². The average Bonchev–Trinajstić information content (AvgIpc) is 2.55. The van der Waals surface area contributed by atoms with Crippen LogP contribution in [0.25, 0.3) is 0 Å². The van der Waals surface area contributed by atoms with Gasteiger partial charge in [0.25, 0.3) is 0 Å². The molecule has 0 saturated heterocycles. The highest BCUT2D eigenvalue weighted by atomic mass is 16.5. The monoisotopic (exact) mass is 266 g/mol. The first-order valence-electron chi connectivity index (χ1n) is 6.88. The van der Waals surface area contributed by atoms with Crippen LogP contribution in [0.3, 0.4) is 0 Å². The molecular formula is C17H18N2O. The van der Waals surface area contributed by atoms with E-state index in [4.69, 9.17) is 4.74 Å². The predicted molar refractivity (Wildman–Crippen MR) is 82.5 cm³/mol. The van der Waals surface area contributed by atoms with Crippen LogP contribution in [0.2, 0.25) is 0 Å². The quantitative estimate of drug-likeness (QED) is 0.851. The van der Waals surface area contributed by atoms with Crippen molar-refractivity contribution >= 4 is 11.4 Å². The number of benzene rings is 2. The normalized spacial score (nSPS) is 17.3. The summed E-state index contributed by atoms with van der Waals surface area (Å²) in [6, 6.07) is 20.9. The van der Waals surface area contributed by atoms with Gasteiger partial charge >= 0.3 is 0 Å². The molecule has 1 aliphatic heterocycles. The maximum absolute atomic E-state index is 5.30. The average molecular weight is 266 g/mol. The first kappa shape index (κ1) is 12.6. The van der Waals surface area contributed by atoms with Gasteiger partial charge in [-0.25, -0.2) is 0 Å².